The maximum Gasteiger partial charge on any atom is 1.00 e. The Labute approximate surface area is 120 Å². The third kappa shape index (κ3) is 8.44. The van der Waals surface area contributed by atoms with Gasteiger partial charge in [-0.2, -0.15) is 0 Å². The van der Waals surface area contributed by atoms with Gasteiger partial charge in [-0.05, 0) is 25.1 Å². The molecule has 1 aromatic rings. The van der Waals surface area contributed by atoms with Gasteiger partial charge in [-0.25, -0.2) is 0 Å². The number of benzene rings is 1. The average Bonchev–Trinajstić information content (AvgIpc) is 2.17. The van der Waals surface area contributed by atoms with E-state index in [4.69, 9.17) is 21.4 Å². The molecule has 17 heavy (non-hydrogen) atoms. The average molecular weight is 246 g/mol. The van der Waals surface area contributed by atoms with Crippen LogP contribution in [0.15, 0.2) is 24.3 Å². The summed E-state index contributed by atoms with van der Waals surface area (Å²) in [5.41, 5.74) is 10.6. The Balaban J connectivity index is 0. The van der Waals surface area contributed by atoms with Crippen LogP contribution in [0.4, 0.5) is 0 Å². The zero-order valence-electron chi connectivity index (χ0n) is 9.60. The monoisotopic (exact) mass is 246 g/mol. The van der Waals surface area contributed by atoms with Crippen LogP contribution < -0.4 is 46.1 Å². The number of carbonyl (C=O) groups excluding carboxylic acids is 3. The van der Waals surface area contributed by atoms with Gasteiger partial charge in [0.25, 0.3) is 0 Å². The molecule has 0 heterocycles. The van der Waals surface area contributed by atoms with Gasteiger partial charge >= 0.3 is 29.6 Å². The van der Waals surface area contributed by atoms with Gasteiger partial charge in [0.2, 0.25) is 11.8 Å². The first-order chi connectivity index (χ1) is 7.34. The zero-order valence-corrected chi connectivity index (χ0v) is 11.6. The van der Waals surface area contributed by atoms with Crippen molar-refractivity contribution in [3.05, 3.63) is 35.4 Å². The number of carbonyl (C=O) groups is 3. The minimum atomic E-state index is -1.08. The normalized spacial score (nSPS) is 8.06. The van der Waals surface area contributed by atoms with Crippen LogP contribution in [0.3, 0.4) is 0 Å². The second-order valence-corrected chi connectivity index (χ2v) is 2.80. The number of carboxylic acids is 1. The zero-order chi connectivity index (χ0) is 12.7. The minimum absolute atomic E-state index is 0. The molecule has 1 rings (SSSR count). The molecule has 0 atom stereocenters. The van der Waals surface area contributed by atoms with E-state index in [1.54, 1.807) is 6.07 Å². The second kappa shape index (κ2) is 8.74. The molecule has 6 nitrogen and oxygen atoms in total. The van der Waals surface area contributed by atoms with Crippen molar-refractivity contribution in [3.8, 4) is 0 Å². The van der Waals surface area contributed by atoms with E-state index in [1.165, 1.54) is 18.2 Å². The number of aliphatic carboxylic acids is 1. The fourth-order valence-corrected chi connectivity index (χ4v) is 0.826. The summed E-state index contributed by atoms with van der Waals surface area (Å²) < 4.78 is 0. The Morgan fingerprint density at radius 3 is 1.59 bits per heavy atom. The van der Waals surface area contributed by atoms with Crippen molar-refractivity contribution >= 4 is 17.8 Å². The molecule has 1 aromatic carbocycles. The molecular formula is C10H11N2NaO4. The Morgan fingerprint density at radius 1 is 1.06 bits per heavy atom. The third-order valence-electron chi connectivity index (χ3n) is 1.43. The van der Waals surface area contributed by atoms with E-state index < -0.39 is 17.8 Å². The van der Waals surface area contributed by atoms with Crippen LogP contribution >= 0.6 is 0 Å². The van der Waals surface area contributed by atoms with Crippen molar-refractivity contribution < 1.29 is 49.0 Å². The second-order valence-electron chi connectivity index (χ2n) is 2.80. The van der Waals surface area contributed by atoms with Crippen molar-refractivity contribution in [1.82, 2.24) is 0 Å². The molecule has 0 saturated carbocycles. The molecule has 4 N–H and O–H groups in total. The van der Waals surface area contributed by atoms with Gasteiger partial charge in [0.05, 0.1) is 0 Å². The molecule has 0 aromatic heterocycles. The van der Waals surface area contributed by atoms with E-state index in [9.17, 15) is 9.59 Å². The van der Waals surface area contributed by atoms with Crippen LogP contribution in [-0.4, -0.2) is 17.8 Å². The molecule has 0 radical (unpaired) electrons. The molecule has 2 amide bonds. The Hall–Kier alpha value is -1.37. The largest absolute Gasteiger partial charge is 1.00 e. The van der Waals surface area contributed by atoms with Gasteiger partial charge < -0.3 is 21.4 Å². The van der Waals surface area contributed by atoms with E-state index in [-0.39, 0.29) is 40.7 Å². The fraction of sp³-hybridized carbons (Fsp3) is 0.100. The Morgan fingerprint density at radius 2 is 1.35 bits per heavy atom. The molecule has 0 spiro atoms. The first kappa shape index (κ1) is 18.0. The van der Waals surface area contributed by atoms with Crippen molar-refractivity contribution in [2.45, 2.75) is 6.92 Å². The van der Waals surface area contributed by atoms with Gasteiger partial charge in [0.15, 0.2) is 0 Å². The van der Waals surface area contributed by atoms with Crippen LogP contribution in [-0.2, 0) is 4.79 Å². The molecular weight excluding hydrogens is 235 g/mol. The molecule has 0 saturated heterocycles. The quantitative estimate of drug-likeness (QED) is 0.511. The number of primary amides is 2. The maximum atomic E-state index is 10.6. The molecule has 86 valence electrons. The fourth-order valence-electron chi connectivity index (χ4n) is 0.826. The number of amides is 2. The van der Waals surface area contributed by atoms with Crippen LogP contribution in [0.25, 0.3) is 0 Å². The predicted molar refractivity (Wildman–Crippen MR) is 54.2 cm³/mol. The van der Waals surface area contributed by atoms with Gasteiger partial charge in [-0.3, -0.25) is 9.59 Å². The summed E-state index contributed by atoms with van der Waals surface area (Å²) in [6.07, 6.45) is 0. The first-order valence-corrected chi connectivity index (χ1v) is 4.22. The summed E-state index contributed by atoms with van der Waals surface area (Å²) in [5, 5.41) is 8.89. The van der Waals surface area contributed by atoms with Crippen LogP contribution in [0.5, 0.6) is 0 Å². The van der Waals surface area contributed by atoms with E-state index in [2.05, 4.69) is 0 Å². The van der Waals surface area contributed by atoms with Gasteiger partial charge in [-0.15, -0.1) is 0 Å². The summed E-state index contributed by atoms with van der Waals surface area (Å²) in [6, 6.07) is 5.97. The van der Waals surface area contributed by atoms with Crippen molar-refractivity contribution in [2.24, 2.45) is 11.5 Å². The van der Waals surface area contributed by atoms with Crippen molar-refractivity contribution in [2.75, 3.05) is 0 Å². The summed E-state index contributed by atoms with van der Waals surface area (Å²) in [6.45, 7) is 0.972. The summed E-state index contributed by atoms with van der Waals surface area (Å²) >= 11 is 0. The number of carboxylic acid groups (broad SMARTS) is 1. The SMILES string of the molecule is CC(=O)[O-].NC(=O)c1cccc(C(N)=O)c1.[Na+]. The van der Waals surface area contributed by atoms with Crippen LogP contribution in [0.2, 0.25) is 0 Å². The topological polar surface area (TPSA) is 126 Å². The van der Waals surface area contributed by atoms with E-state index in [0.29, 0.717) is 0 Å². The van der Waals surface area contributed by atoms with E-state index >= 15 is 0 Å². The van der Waals surface area contributed by atoms with Gasteiger partial charge in [0.1, 0.15) is 0 Å². The standard InChI is InChI=1S/C8H8N2O2.C2H4O2.Na/c9-7(11)5-2-1-3-6(4-5)8(10)12;1-2(3)4;/h1-4H,(H2,9,11)(H2,10,12);1H3,(H,3,4);/q;;+1/p-1. The molecule has 0 bridgehead atoms. The van der Waals surface area contributed by atoms with Gasteiger partial charge in [0, 0.05) is 17.1 Å². The van der Waals surface area contributed by atoms with Crippen LogP contribution in [0, 0.1) is 0 Å². The molecule has 0 aliphatic carbocycles. The summed E-state index contributed by atoms with van der Waals surface area (Å²) in [4.78, 5) is 30.2. The summed E-state index contributed by atoms with van der Waals surface area (Å²) in [5.74, 6) is -2.23. The third-order valence-corrected chi connectivity index (χ3v) is 1.43. The van der Waals surface area contributed by atoms with Crippen LogP contribution in [0.1, 0.15) is 27.6 Å². The smallest absolute Gasteiger partial charge is 0.550 e. The Kier molecular flexibility index (Phi) is 9.26. The number of nitrogens with two attached hydrogens (primary N) is 2. The predicted octanol–water partition coefficient (Wildman–Crippen LogP) is -4.36. The number of rotatable bonds is 2. The maximum absolute atomic E-state index is 10.6. The molecule has 0 fully saturated rings. The molecule has 0 aliphatic heterocycles. The van der Waals surface area contributed by atoms with Gasteiger partial charge in [-0.1, -0.05) is 6.07 Å². The van der Waals surface area contributed by atoms with Crippen molar-refractivity contribution in [1.29, 1.82) is 0 Å². The molecule has 0 aliphatic rings. The van der Waals surface area contributed by atoms with E-state index in [0.717, 1.165) is 6.92 Å². The molecule has 7 heteroatoms. The first-order valence-electron chi connectivity index (χ1n) is 4.22. The minimum Gasteiger partial charge on any atom is -0.550 e. The Bertz CT molecular complexity index is 387. The molecule has 0 unspecified atom stereocenters. The number of hydrogen-bond donors (Lipinski definition) is 2. The number of hydrogen-bond acceptors (Lipinski definition) is 4. The van der Waals surface area contributed by atoms with Crippen molar-refractivity contribution in [3.63, 3.8) is 0 Å². The van der Waals surface area contributed by atoms with E-state index in [1.807, 2.05) is 0 Å². The summed E-state index contributed by atoms with van der Waals surface area (Å²) in [7, 11) is 0.